The van der Waals surface area contributed by atoms with Crippen molar-refractivity contribution in [1.82, 2.24) is 0 Å². The van der Waals surface area contributed by atoms with Crippen LogP contribution in [0.1, 0.15) is 48.4 Å². The van der Waals surface area contributed by atoms with E-state index in [4.69, 9.17) is 30.8 Å². The maximum atomic E-state index is 11.6. The Kier molecular flexibility index (Phi) is 13.9. The second-order valence-corrected chi connectivity index (χ2v) is 7.91. The molecule has 37 heavy (non-hydrogen) atoms. The van der Waals surface area contributed by atoms with E-state index in [0.29, 0.717) is 23.7 Å². The molecule has 0 aromatic heterocycles. The number of carboxylic acids is 2. The molecule has 0 saturated carbocycles. The molecule has 0 aliphatic heterocycles. The summed E-state index contributed by atoms with van der Waals surface area (Å²) in [4.78, 5) is 33.1. The van der Waals surface area contributed by atoms with Gasteiger partial charge in [-0.2, -0.15) is 0 Å². The number of amides is 1. The molecule has 4 N–H and O–H groups in total. The van der Waals surface area contributed by atoms with Crippen molar-refractivity contribution in [3.63, 3.8) is 0 Å². The Morgan fingerprint density at radius 3 is 1.70 bits per heavy atom. The smallest absolute Gasteiger partial charge is 0.412 e. The van der Waals surface area contributed by atoms with Gasteiger partial charge in [-0.05, 0) is 64.1 Å². The Balaban J connectivity index is 0.000000647. The van der Waals surface area contributed by atoms with Gasteiger partial charge in [-0.3, -0.25) is 5.32 Å². The number of carbonyl (C=O) groups is 3. The lowest BCUT2D eigenvalue weighted by atomic mass is 10.2. The van der Waals surface area contributed by atoms with Gasteiger partial charge in [-0.1, -0.05) is 5.92 Å². The standard InChI is InChI=1S/C13H17NO5.C11H11NO3.C3H4/c1-13(2,3)19-12(17)14-9-6-5-8(11(15)16)7-10(9)18-4;1-3-6-12-9-5-4-8(11(13)14)7-10(9)15-2;1-3-2/h5-7H,1-4H3,(H,14,17)(H,15,16);1,4-5,7,12H,6H2,2H3,(H,13,14);1H,2H3. The number of hydrogen-bond donors (Lipinski definition) is 4. The van der Waals surface area contributed by atoms with Crippen molar-refractivity contribution in [2.45, 2.75) is 33.3 Å². The number of methoxy groups -OCH3 is 2. The molecule has 10 heteroatoms. The van der Waals surface area contributed by atoms with Crippen molar-refractivity contribution in [3.8, 4) is 36.2 Å². The normalized spacial score (nSPS) is 9.41. The van der Waals surface area contributed by atoms with Gasteiger partial charge in [0.2, 0.25) is 0 Å². The Morgan fingerprint density at radius 1 is 0.892 bits per heavy atom. The third kappa shape index (κ3) is 12.4. The van der Waals surface area contributed by atoms with E-state index < -0.39 is 23.6 Å². The van der Waals surface area contributed by atoms with E-state index >= 15 is 0 Å². The Bertz CT molecular complexity index is 1150. The SMILES string of the molecule is C#CC.C#CCNc1ccc(C(=O)O)cc1OC.COc1cc(C(=O)O)ccc1NC(=O)OC(C)(C)C. The fraction of sp³-hybridized carbons (Fsp3) is 0.296. The highest BCUT2D eigenvalue weighted by atomic mass is 16.6. The molecular formula is C27H32N2O8. The van der Waals surface area contributed by atoms with E-state index in [2.05, 4.69) is 28.9 Å². The van der Waals surface area contributed by atoms with Gasteiger partial charge in [0.1, 0.15) is 17.1 Å². The minimum Gasteiger partial charge on any atom is -0.495 e. The Morgan fingerprint density at radius 2 is 1.32 bits per heavy atom. The number of benzene rings is 2. The lowest BCUT2D eigenvalue weighted by Gasteiger charge is -2.20. The van der Waals surface area contributed by atoms with Crippen molar-refractivity contribution >= 4 is 29.4 Å². The second kappa shape index (κ2) is 16.0. The van der Waals surface area contributed by atoms with Crippen LogP contribution in [0.25, 0.3) is 0 Å². The Labute approximate surface area is 216 Å². The summed E-state index contributed by atoms with van der Waals surface area (Å²) >= 11 is 0. The van der Waals surface area contributed by atoms with Crippen LogP contribution in [0.5, 0.6) is 11.5 Å². The highest BCUT2D eigenvalue weighted by Crippen LogP contribution is 2.26. The predicted molar refractivity (Wildman–Crippen MR) is 142 cm³/mol. The van der Waals surface area contributed by atoms with Crippen molar-refractivity contribution < 1.29 is 38.8 Å². The van der Waals surface area contributed by atoms with E-state index in [1.54, 1.807) is 33.8 Å². The maximum absolute atomic E-state index is 11.6. The fourth-order valence-corrected chi connectivity index (χ4v) is 2.46. The van der Waals surface area contributed by atoms with Gasteiger partial charge in [0.15, 0.2) is 0 Å². The maximum Gasteiger partial charge on any atom is 0.412 e. The molecule has 0 bridgehead atoms. The quantitative estimate of drug-likeness (QED) is 0.384. The Hall–Kier alpha value is -4.83. The zero-order chi connectivity index (χ0) is 28.6. The monoisotopic (exact) mass is 512 g/mol. The third-order valence-corrected chi connectivity index (χ3v) is 3.91. The number of carbonyl (C=O) groups excluding carboxylic acids is 1. The first-order chi connectivity index (χ1) is 17.3. The van der Waals surface area contributed by atoms with Crippen molar-refractivity contribution in [1.29, 1.82) is 0 Å². The summed E-state index contributed by atoms with van der Waals surface area (Å²) in [5, 5.41) is 23.1. The molecule has 0 heterocycles. The minimum atomic E-state index is -1.07. The van der Waals surface area contributed by atoms with Gasteiger partial charge in [0.25, 0.3) is 0 Å². The first-order valence-electron chi connectivity index (χ1n) is 10.7. The van der Waals surface area contributed by atoms with Crippen molar-refractivity contribution in [3.05, 3.63) is 47.5 Å². The average Bonchev–Trinajstić information content (AvgIpc) is 2.82. The van der Waals surface area contributed by atoms with Crippen molar-refractivity contribution in [2.75, 3.05) is 31.4 Å². The van der Waals surface area contributed by atoms with Crippen LogP contribution in [-0.2, 0) is 4.74 Å². The highest BCUT2D eigenvalue weighted by Gasteiger charge is 2.18. The number of anilines is 2. The summed E-state index contributed by atoms with van der Waals surface area (Å²) in [6.45, 7) is 7.26. The topological polar surface area (TPSA) is 143 Å². The number of aromatic carboxylic acids is 2. The number of rotatable bonds is 7. The summed E-state index contributed by atoms with van der Waals surface area (Å²) < 4.78 is 15.2. The van der Waals surface area contributed by atoms with Crippen LogP contribution in [0.15, 0.2) is 36.4 Å². The van der Waals surface area contributed by atoms with Crippen LogP contribution in [0.2, 0.25) is 0 Å². The molecule has 0 fully saturated rings. The molecular weight excluding hydrogens is 480 g/mol. The lowest BCUT2D eigenvalue weighted by molar-refractivity contribution is 0.0632. The number of terminal acetylenes is 2. The molecule has 0 atom stereocenters. The number of hydrogen-bond acceptors (Lipinski definition) is 7. The summed E-state index contributed by atoms with van der Waals surface area (Å²) in [5.41, 5.74) is 0.671. The zero-order valence-corrected chi connectivity index (χ0v) is 21.7. The largest absolute Gasteiger partial charge is 0.495 e. The molecule has 0 spiro atoms. The number of nitrogens with one attached hydrogen (secondary N) is 2. The molecule has 2 aromatic carbocycles. The van der Waals surface area contributed by atoms with Crippen LogP contribution in [-0.4, -0.2) is 54.6 Å². The lowest BCUT2D eigenvalue weighted by Crippen LogP contribution is -2.27. The zero-order valence-electron chi connectivity index (χ0n) is 21.7. The number of ether oxygens (including phenoxy) is 3. The average molecular weight is 513 g/mol. The molecule has 0 aliphatic carbocycles. The van der Waals surface area contributed by atoms with Gasteiger partial charge in [0, 0.05) is 0 Å². The number of carboxylic acid groups (broad SMARTS) is 2. The van der Waals surface area contributed by atoms with E-state index in [1.165, 1.54) is 44.6 Å². The molecule has 2 rings (SSSR count). The summed E-state index contributed by atoms with van der Waals surface area (Å²) in [6.07, 6.45) is 9.07. The summed E-state index contributed by atoms with van der Waals surface area (Å²) in [5.74, 6) is 3.33. The van der Waals surface area contributed by atoms with Crippen LogP contribution in [0.4, 0.5) is 16.2 Å². The van der Waals surface area contributed by atoms with Gasteiger partial charge >= 0.3 is 18.0 Å². The van der Waals surface area contributed by atoms with Gasteiger partial charge in [0.05, 0.1) is 43.3 Å². The van der Waals surface area contributed by atoms with E-state index in [-0.39, 0.29) is 16.9 Å². The molecule has 0 aliphatic rings. The van der Waals surface area contributed by atoms with Gasteiger partial charge in [-0.15, -0.1) is 18.8 Å². The molecule has 2 aromatic rings. The van der Waals surface area contributed by atoms with Crippen LogP contribution >= 0.6 is 0 Å². The molecule has 0 saturated heterocycles. The van der Waals surface area contributed by atoms with Gasteiger partial charge < -0.3 is 29.7 Å². The first kappa shape index (κ1) is 32.2. The van der Waals surface area contributed by atoms with Crippen LogP contribution in [0, 0.1) is 24.7 Å². The summed E-state index contributed by atoms with van der Waals surface area (Å²) in [6, 6.07) is 8.71. The van der Waals surface area contributed by atoms with E-state index in [9.17, 15) is 14.4 Å². The molecule has 1 amide bonds. The molecule has 198 valence electrons. The van der Waals surface area contributed by atoms with Crippen LogP contribution in [0.3, 0.4) is 0 Å². The van der Waals surface area contributed by atoms with E-state index in [0.717, 1.165) is 0 Å². The van der Waals surface area contributed by atoms with Crippen molar-refractivity contribution in [2.24, 2.45) is 0 Å². The summed E-state index contributed by atoms with van der Waals surface area (Å²) in [7, 11) is 2.86. The minimum absolute atomic E-state index is 0.0755. The highest BCUT2D eigenvalue weighted by molar-refractivity contribution is 5.92. The van der Waals surface area contributed by atoms with Gasteiger partial charge in [-0.25, -0.2) is 14.4 Å². The van der Waals surface area contributed by atoms with E-state index in [1.807, 2.05) is 0 Å². The third-order valence-electron chi connectivity index (χ3n) is 3.91. The fourth-order valence-electron chi connectivity index (χ4n) is 2.46. The molecule has 10 nitrogen and oxygen atoms in total. The molecule has 0 radical (unpaired) electrons. The second-order valence-electron chi connectivity index (χ2n) is 7.91. The first-order valence-corrected chi connectivity index (χ1v) is 10.7. The molecule has 0 unspecified atom stereocenters. The van der Waals surface area contributed by atoms with Crippen LogP contribution < -0.4 is 20.1 Å². The predicted octanol–water partition coefficient (Wildman–Crippen LogP) is 4.82.